The summed E-state index contributed by atoms with van der Waals surface area (Å²) in [4.78, 5) is 0. The van der Waals surface area contributed by atoms with E-state index >= 15 is 0 Å². The smallest absolute Gasteiger partial charge is 0.0397 e. The molecular weight excluding hydrogens is 216 g/mol. The maximum absolute atomic E-state index is 3.46. The van der Waals surface area contributed by atoms with E-state index in [1.165, 1.54) is 11.3 Å². The van der Waals surface area contributed by atoms with Crippen LogP contribution in [0.2, 0.25) is 0 Å². The molecule has 0 bridgehead atoms. The van der Waals surface area contributed by atoms with Crippen LogP contribution in [-0.4, -0.2) is 13.1 Å². The van der Waals surface area contributed by atoms with Crippen molar-refractivity contribution in [3.05, 3.63) is 28.2 Å². The summed E-state index contributed by atoms with van der Waals surface area (Å²) in [5.41, 5.74) is 2.59. The molecule has 0 fully saturated rings. The van der Waals surface area contributed by atoms with Crippen LogP contribution >= 0.6 is 15.9 Å². The van der Waals surface area contributed by atoms with Gasteiger partial charge < -0.3 is 10.6 Å². The molecule has 2 N–H and O–H groups in total. The van der Waals surface area contributed by atoms with Gasteiger partial charge in [0.2, 0.25) is 0 Å². The Morgan fingerprint density at radius 1 is 1.25 bits per heavy atom. The van der Waals surface area contributed by atoms with E-state index in [1.54, 1.807) is 0 Å². The van der Waals surface area contributed by atoms with Gasteiger partial charge in [-0.15, -0.1) is 0 Å². The number of hydrogen-bond donors (Lipinski definition) is 2. The summed E-state index contributed by atoms with van der Waals surface area (Å²) in [7, 11) is 0. The van der Waals surface area contributed by atoms with Crippen molar-refractivity contribution in [2.45, 2.75) is 6.54 Å². The summed E-state index contributed by atoms with van der Waals surface area (Å²) in [6, 6.07) is 6.35. The minimum absolute atomic E-state index is 0.968. The van der Waals surface area contributed by atoms with Crippen LogP contribution < -0.4 is 10.6 Å². The summed E-state index contributed by atoms with van der Waals surface area (Å²) < 4.78 is 1.13. The highest BCUT2D eigenvalue weighted by molar-refractivity contribution is 9.10. The van der Waals surface area contributed by atoms with Crippen LogP contribution in [0.15, 0.2) is 22.7 Å². The van der Waals surface area contributed by atoms with Crippen LogP contribution in [0.4, 0.5) is 5.69 Å². The van der Waals surface area contributed by atoms with Gasteiger partial charge in [0.15, 0.2) is 0 Å². The summed E-state index contributed by atoms with van der Waals surface area (Å²) in [5, 5.41) is 6.72. The molecule has 0 atom stereocenters. The lowest BCUT2D eigenvalue weighted by Crippen LogP contribution is -2.16. The van der Waals surface area contributed by atoms with E-state index in [0.29, 0.717) is 0 Å². The van der Waals surface area contributed by atoms with E-state index in [2.05, 4.69) is 44.8 Å². The van der Waals surface area contributed by atoms with Gasteiger partial charge >= 0.3 is 0 Å². The van der Waals surface area contributed by atoms with Crippen LogP contribution in [0.5, 0.6) is 0 Å². The van der Waals surface area contributed by atoms with Crippen LogP contribution in [0.25, 0.3) is 0 Å². The molecule has 0 aliphatic carbocycles. The normalized spacial score (nSPS) is 16.1. The Labute approximate surface area is 80.5 Å². The lowest BCUT2D eigenvalue weighted by molar-refractivity contribution is 0.725. The van der Waals surface area contributed by atoms with Crippen LogP contribution in [0.3, 0.4) is 0 Å². The van der Waals surface area contributed by atoms with Crippen molar-refractivity contribution in [1.82, 2.24) is 5.32 Å². The topological polar surface area (TPSA) is 24.1 Å². The zero-order valence-corrected chi connectivity index (χ0v) is 8.32. The van der Waals surface area contributed by atoms with Gasteiger partial charge in [0.25, 0.3) is 0 Å². The number of fused-ring (bicyclic) bond motifs is 1. The molecule has 0 amide bonds. The molecule has 1 heterocycles. The first-order chi connectivity index (χ1) is 5.86. The molecule has 0 saturated carbocycles. The Morgan fingerprint density at radius 2 is 2.17 bits per heavy atom. The molecular formula is C9H11BrN2. The van der Waals surface area contributed by atoms with Crippen molar-refractivity contribution in [1.29, 1.82) is 0 Å². The minimum Gasteiger partial charge on any atom is -0.383 e. The van der Waals surface area contributed by atoms with Gasteiger partial charge in [-0.1, -0.05) is 22.0 Å². The second-order valence-corrected chi connectivity index (χ2v) is 3.82. The molecule has 2 nitrogen and oxygen atoms in total. The fraction of sp³-hybridized carbons (Fsp3) is 0.333. The van der Waals surface area contributed by atoms with Crippen molar-refractivity contribution >= 4 is 21.6 Å². The Morgan fingerprint density at radius 3 is 3.08 bits per heavy atom. The Hall–Kier alpha value is -0.540. The SMILES string of the molecule is Brc1ccc2c(c1)NCCNC2. The number of hydrogen-bond acceptors (Lipinski definition) is 2. The Balaban J connectivity index is 2.36. The van der Waals surface area contributed by atoms with E-state index < -0.39 is 0 Å². The lowest BCUT2D eigenvalue weighted by atomic mass is 10.2. The highest BCUT2D eigenvalue weighted by Crippen LogP contribution is 2.21. The summed E-state index contributed by atoms with van der Waals surface area (Å²) >= 11 is 3.46. The monoisotopic (exact) mass is 226 g/mol. The van der Waals surface area contributed by atoms with E-state index in [-0.39, 0.29) is 0 Å². The van der Waals surface area contributed by atoms with Crippen LogP contribution in [0, 0.1) is 0 Å². The second-order valence-electron chi connectivity index (χ2n) is 2.91. The minimum atomic E-state index is 0.968. The van der Waals surface area contributed by atoms with E-state index in [9.17, 15) is 0 Å². The molecule has 2 rings (SSSR count). The Kier molecular flexibility index (Phi) is 2.33. The Bertz CT molecular complexity index is 286. The van der Waals surface area contributed by atoms with Crippen molar-refractivity contribution in [3.8, 4) is 0 Å². The molecule has 0 radical (unpaired) electrons. The van der Waals surface area contributed by atoms with E-state index in [4.69, 9.17) is 0 Å². The first-order valence-corrected chi connectivity index (χ1v) is 4.88. The number of anilines is 1. The van der Waals surface area contributed by atoms with Gasteiger partial charge in [-0.2, -0.15) is 0 Å². The average Bonchev–Trinajstić information content (AvgIpc) is 2.28. The highest BCUT2D eigenvalue weighted by Gasteiger charge is 2.05. The predicted molar refractivity (Wildman–Crippen MR) is 54.3 cm³/mol. The van der Waals surface area contributed by atoms with Gasteiger partial charge in [-0.05, 0) is 17.7 Å². The second kappa shape index (κ2) is 3.46. The molecule has 1 aliphatic heterocycles. The van der Waals surface area contributed by atoms with Crippen molar-refractivity contribution in [2.24, 2.45) is 0 Å². The molecule has 3 heteroatoms. The third-order valence-corrected chi connectivity index (χ3v) is 2.50. The first kappa shape index (κ1) is 8.08. The summed E-state index contributed by atoms with van der Waals surface area (Å²) in [6.45, 7) is 3.01. The molecule has 0 aromatic heterocycles. The van der Waals surface area contributed by atoms with Crippen molar-refractivity contribution in [2.75, 3.05) is 18.4 Å². The fourth-order valence-electron chi connectivity index (χ4n) is 1.38. The zero-order chi connectivity index (χ0) is 8.39. The number of nitrogens with one attached hydrogen (secondary N) is 2. The molecule has 0 spiro atoms. The van der Waals surface area contributed by atoms with Gasteiger partial charge in [-0.3, -0.25) is 0 Å². The summed E-state index contributed by atoms with van der Waals surface area (Å²) in [5.74, 6) is 0. The fourth-order valence-corrected chi connectivity index (χ4v) is 1.74. The van der Waals surface area contributed by atoms with Gasteiger partial charge in [0.1, 0.15) is 0 Å². The first-order valence-electron chi connectivity index (χ1n) is 4.09. The van der Waals surface area contributed by atoms with Gasteiger partial charge in [0, 0.05) is 29.8 Å². The van der Waals surface area contributed by atoms with Crippen molar-refractivity contribution < 1.29 is 0 Å². The average molecular weight is 227 g/mol. The molecule has 1 aromatic rings. The molecule has 64 valence electrons. The maximum Gasteiger partial charge on any atom is 0.0397 e. The largest absolute Gasteiger partial charge is 0.383 e. The summed E-state index contributed by atoms with van der Waals surface area (Å²) in [6.07, 6.45) is 0. The maximum atomic E-state index is 3.46. The molecule has 0 saturated heterocycles. The molecule has 12 heavy (non-hydrogen) atoms. The predicted octanol–water partition coefficient (Wildman–Crippen LogP) is 1.96. The van der Waals surface area contributed by atoms with Crippen molar-refractivity contribution in [3.63, 3.8) is 0 Å². The zero-order valence-electron chi connectivity index (χ0n) is 6.73. The quantitative estimate of drug-likeness (QED) is 0.708. The standard InChI is InChI=1S/C9H11BrN2/c10-8-2-1-7-6-11-3-4-12-9(7)5-8/h1-2,5,11-12H,3-4,6H2. The van der Waals surface area contributed by atoms with Gasteiger partial charge in [0.05, 0.1) is 0 Å². The number of rotatable bonds is 0. The number of halogens is 1. The van der Waals surface area contributed by atoms with E-state index in [0.717, 1.165) is 24.1 Å². The van der Waals surface area contributed by atoms with Crippen LogP contribution in [0.1, 0.15) is 5.56 Å². The molecule has 0 unspecified atom stereocenters. The highest BCUT2D eigenvalue weighted by atomic mass is 79.9. The molecule has 1 aliphatic rings. The van der Waals surface area contributed by atoms with E-state index in [1.807, 2.05) is 0 Å². The lowest BCUT2D eigenvalue weighted by Gasteiger charge is -2.06. The van der Waals surface area contributed by atoms with Crippen LogP contribution in [-0.2, 0) is 6.54 Å². The van der Waals surface area contributed by atoms with Gasteiger partial charge in [-0.25, -0.2) is 0 Å². The number of benzene rings is 1. The third-order valence-electron chi connectivity index (χ3n) is 2.00. The third kappa shape index (κ3) is 1.62. The molecule has 1 aromatic carbocycles.